The monoisotopic (exact) mass is 336 g/mol. The largest absolute Gasteiger partial charge is 0.342 e. The maximum atomic E-state index is 12.6. The van der Waals surface area contributed by atoms with Crippen LogP contribution in [0.25, 0.3) is 11.0 Å². The van der Waals surface area contributed by atoms with Crippen LogP contribution in [0.3, 0.4) is 0 Å². The molecule has 3 aromatic rings. The number of hydrogen-bond donors (Lipinski definition) is 1. The maximum absolute atomic E-state index is 12.6. The minimum Gasteiger partial charge on any atom is -0.342 e. The number of aromatic amines is 1. The molecule has 1 saturated heterocycles. The number of para-hydroxylation sites is 2. The van der Waals surface area contributed by atoms with Gasteiger partial charge in [0.25, 0.3) is 11.6 Å². The SMILES string of the molecule is Cc1c(C(=O)N2CC(c3nc4ccccc4[nH]3)C2)cccc1[N+](=O)[O-]. The molecule has 1 aromatic heterocycles. The summed E-state index contributed by atoms with van der Waals surface area (Å²) in [4.78, 5) is 32.8. The molecule has 1 aliphatic heterocycles. The summed E-state index contributed by atoms with van der Waals surface area (Å²) in [5, 5.41) is 11.0. The number of rotatable bonds is 3. The Kier molecular flexibility index (Phi) is 3.49. The minimum absolute atomic E-state index is 0.0276. The first-order chi connectivity index (χ1) is 12.0. The summed E-state index contributed by atoms with van der Waals surface area (Å²) in [6.45, 7) is 2.73. The summed E-state index contributed by atoms with van der Waals surface area (Å²) in [5.41, 5.74) is 2.66. The van der Waals surface area contributed by atoms with Crippen molar-refractivity contribution >= 4 is 22.6 Å². The molecule has 2 aromatic carbocycles. The Hall–Kier alpha value is -3.22. The number of likely N-dealkylation sites (tertiary alicyclic amines) is 1. The van der Waals surface area contributed by atoms with Gasteiger partial charge in [-0.2, -0.15) is 0 Å². The Morgan fingerprint density at radius 3 is 2.72 bits per heavy atom. The standard InChI is InChI=1S/C18H16N4O3/c1-11-13(5-4-8-16(11)22(24)25)18(23)21-9-12(10-21)17-19-14-6-2-3-7-15(14)20-17/h2-8,12H,9-10H2,1H3,(H,19,20). The van der Waals surface area contributed by atoms with Crippen LogP contribution in [0.4, 0.5) is 5.69 Å². The van der Waals surface area contributed by atoms with E-state index in [0.29, 0.717) is 24.2 Å². The topological polar surface area (TPSA) is 92.1 Å². The van der Waals surface area contributed by atoms with E-state index in [4.69, 9.17) is 0 Å². The molecule has 25 heavy (non-hydrogen) atoms. The smallest absolute Gasteiger partial charge is 0.273 e. The van der Waals surface area contributed by atoms with Gasteiger partial charge in [-0.25, -0.2) is 4.98 Å². The first-order valence-electron chi connectivity index (χ1n) is 8.02. The van der Waals surface area contributed by atoms with Gasteiger partial charge in [-0.15, -0.1) is 0 Å². The predicted molar refractivity (Wildman–Crippen MR) is 92.6 cm³/mol. The van der Waals surface area contributed by atoms with E-state index >= 15 is 0 Å². The van der Waals surface area contributed by atoms with Crippen molar-refractivity contribution in [3.8, 4) is 0 Å². The number of nitrogens with one attached hydrogen (secondary N) is 1. The van der Waals surface area contributed by atoms with Crippen LogP contribution >= 0.6 is 0 Å². The zero-order chi connectivity index (χ0) is 17.6. The normalized spacial score (nSPS) is 14.5. The molecule has 1 N–H and O–H groups in total. The Labute approximate surface area is 143 Å². The first-order valence-corrected chi connectivity index (χ1v) is 8.02. The fraction of sp³-hybridized carbons (Fsp3) is 0.222. The molecule has 0 unspecified atom stereocenters. The Bertz CT molecular complexity index is 956. The first kappa shape index (κ1) is 15.3. The predicted octanol–water partition coefficient (Wildman–Crippen LogP) is 3.02. The molecule has 7 heteroatoms. The summed E-state index contributed by atoms with van der Waals surface area (Å²) >= 11 is 0. The second kappa shape index (κ2) is 5.70. The van der Waals surface area contributed by atoms with Crippen LogP contribution in [0.1, 0.15) is 27.7 Å². The van der Waals surface area contributed by atoms with Crippen LogP contribution in [0.5, 0.6) is 0 Å². The van der Waals surface area contributed by atoms with Crippen molar-refractivity contribution in [3.63, 3.8) is 0 Å². The van der Waals surface area contributed by atoms with Crippen LogP contribution in [0.15, 0.2) is 42.5 Å². The number of nitro benzene ring substituents is 1. The third-order valence-electron chi connectivity index (χ3n) is 4.70. The third kappa shape index (κ3) is 2.53. The number of fused-ring (bicyclic) bond motifs is 1. The second-order valence-corrected chi connectivity index (χ2v) is 6.25. The van der Waals surface area contributed by atoms with E-state index in [1.54, 1.807) is 24.0 Å². The number of carbonyl (C=O) groups is 1. The number of nitrogens with zero attached hydrogens (tertiary/aromatic N) is 3. The molecule has 0 atom stereocenters. The molecule has 1 fully saturated rings. The van der Waals surface area contributed by atoms with Gasteiger partial charge < -0.3 is 9.88 Å². The van der Waals surface area contributed by atoms with Gasteiger partial charge in [0.1, 0.15) is 5.82 Å². The highest BCUT2D eigenvalue weighted by atomic mass is 16.6. The molecule has 2 heterocycles. The molecule has 0 aliphatic carbocycles. The second-order valence-electron chi connectivity index (χ2n) is 6.25. The molecule has 0 spiro atoms. The molecule has 7 nitrogen and oxygen atoms in total. The van der Waals surface area contributed by atoms with Crippen LogP contribution in [0.2, 0.25) is 0 Å². The van der Waals surface area contributed by atoms with E-state index in [0.717, 1.165) is 16.9 Å². The quantitative estimate of drug-likeness (QED) is 0.588. The number of hydrogen-bond acceptors (Lipinski definition) is 4. The Balaban J connectivity index is 1.51. The number of H-pyrrole nitrogens is 1. The van der Waals surface area contributed by atoms with Gasteiger partial charge in [-0.3, -0.25) is 14.9 Å². The van der Waals surface area contributed by atoms with Crippen molar-refractivity contribution in [2.24, 2.45) is 0 Å². The average Bonchev–Trinajstić information content (AvgIpc) is 2.96. The van der Waals surface area contributed by atoms with Crippen molar-refractivity contribution in [1.82, 2.24) is 14.9 Å². The lowest BCUT2D eigenvalue weighted by atomic mass is 9.96. The number of benzene rings is 2. The van der Waals surface area contributed by atoms with E-state index in [1.165, 1.54) is 6.07 Å². The molecular formula is C18H16N4O3. The van der Waals surface area contributed by atoms with Gasteiger partial charge in [0.2, 0.25) is 0 Å². The zero-order valence-corrected chi connectivity index (χ0v) is 13.6. The average molecular weight is 336 g/mol. The van der Waals surface area contributed by atoms with E-state index < -0.39 is 4.92 Å². The fourth-order valence-electron chi connectivity index (χ4n) is 3.21. The lowest BCUT2D eigenvalue weighted by Crippen LogP contribution is -2.49. The van der Waals surface area contributed by atoms with E-state index in [-0.39, 0.29) is 17.5 Å². The van der Waals surface area contributed by atoms with Gasteiger partial charge in [0.05, 0.1) is 21.9 Å². The van der Waals surface area contributed by atoms with Gasteiger partial charge in [-0.05, 0) is 25.1 Å². The molecule has 4 rings (SSSR count). The van der Waals surface area contributed by atoms with Gasteiger partial charge >= 0.3 is 0 Å². The highest BCUT2D eigenvalue weighted by Gasteiger charge is 2.35. The molecule has 126 valence electrons. The highest BCUT2D eigenvalue weighted by molar-refractivity contribution is 5.97. The van der Waals surface area contributed by atoms with Crippen molar-refractivity contribution in [2.75, 3.05) is 13.1 Å². The zero-order valence-electron chi connectivity index (χ0n) is 13.6. The number of aromatic nitrogens is 2. The summed E-state index contributed by atoms with van der Waals surface area (Å²) in [6.07, 6.45) is 0. The number of nitro groups is 1. The van der Waals surface area contributed by atoms with Crippen LogP contribution in [0, 0.1) is 17.0 Å². The molecule has 0 saturated carbocycles. The Morgan fingerprint density at radius 1 is 1.24 bits per heavy atom. The van der Waals surface area contributed by atoms with Gasteiger partial charge in [0, 0.05) is 30.3 Å². The van der Waals surface area contributed by atoms with Crippen LogP contribution in [-0.2, 0) is 0 Å². The maximum Gasteiger partial charge on any atom is 0.273 e. The fourth-order valence-corrected chi connectivity index (χ4v) is 3.21. The van der Waals surface area contributed by atoms with Crippen molar-refractivity contribution < 1.29 is 9.72 Å². The van der Waals surface area contributed by atoms with E-state index in [1.807, 2.05) is 24.3 Å². The number of amides is 1. The van der Waals surface area contributed by atoms with Gasteiger partial charge in [0.15, 0.2) is 0 Å². The minimum atomic E-state index is -0.459. The van der Waals surface area contributed by atoms with Crippen molar-refractivity contribution in [3.05, 3.63) is 69.5 Å². The molecular weight excluding hydrogens is 320 g/mol. The summed E-state index contributed by atoms with van der Waals surface area (Å²) in [6, 6.07) is 12.4. The van der Waals surface area contributed by atoms with Crippen molar-refractivity contribution in [2.45, 2.75) is 12.8 Å². The van der Waals surface area contributed by atoms with E-state index in [9.17, 15) is 14.9 Å². The molecule has 1 aliphatic rings. The highest BCUT2D eigenvalue weighted by Crippen LogP contribution is 2.30. The molecule has 0 bridgehead atoms. The van der Waals surface area contributed by atoms with Gasteiger partial charge in [-0.1, -0.05) is 18.2 Å². The van der Waals surface area contributed by atoms with Crippen LogP contribution < -0.4 is 0 Å². The van der Waals surface area contributed by atoms with E-state index in [2.05, 4.69) is 9.97 Å². The lowest BCUT2D eigenvalue weighted by Gasteiger charge is -2.38. The van der Waals surface area contributed by atoms with Crippen LogP contribution in [-0.4, -0.2) is 38.8 Å². The number of carbonyl (C=O) groups excluding carboxylic acids is 1. The third-order valence-corrected chi connectivity index (χ3v) is 4.70. The summed E-state index contributed by atoms with van der Waals surface area (Å²) in [5.74, 6) is 0.866. The lowest BCUT2D eigenvalue weighted by molar-refractivity contribution is -0.385. The molecule has 1 amide bonds. The van der Waals surface area contributed by atoms with Crippen molar-refractivity contribution in [1.29, 1.82) is 0 Å². The summed E-state index contributed by atoms with van der Waals surface area (Å²) < 4.78 is 0. The summed E-state index contributed by atoms with van der Waals surface area (Å²) in [7, 11) is 0. The molecule has 0 radical (unpaired) electrons. The number of imidazole rings is 1. The Morgan fingerprint density at radius 2 is 2.00 bits per heavy atom.